The van der Waals surface area contributed by atoms with E-state index < -0.39 is 23.2 Å². The van der Waals surface area contributed by atoms with E-state index in [-0.39, 0.29) is 24.6 Å². The van der Waals surface area contributed by atoms with Gasteiger partial charge in [0.2, 0.25) is 0 Å². The summed E-state index contributed by atoms with van der Waals surface area (Å²) in [4.78, 5) is 17.4. The fourth-order valence-corrected chi connectivity index (χ4v) is 3.94. The lowest BCUT2D eigenvalue weighted by Crippen LogP contribution is -2.45. The van der Waals surface area contributed by atoms with E-state index in [4.69, 9.17) is 0 Å². The number of hydrogen-bond acceptors (Lipinski definition) is 2. The van der Waals surface area contributed by atoms with Crippen LogP contribution in [0.4, 0.5) is 17.6 Å². The number of aromatic amines is 2. The summed E-state index contributed by atoms with van der Waals surface area (Å²) in [6.45, 7) is 6.09. The van der Waals surface area contributed by atoms with Gasteiger partial charge in [-0.2, -0.15) is 18.3 Å². The average molecular weight is 394 g/mol. The minimum absolute atomic E-state index is 0.163. The Bertz CT molecular complexity index is 1090. The molecule has 0 atom stereocenters. The fraction of sp³-hybridized carbons (Fsp3) is 0.368. The van der Waals surface area contributed by atoms with Crippen LogP contribution >= 0.6 is 0 Å². The first-order chi connectivity index (χ1) is 13.0. The van der Waals surface area contributed by atoms with Gasteiger partial charge in [-0.25, -0.2) is 4.39 Å². The van der Waals surface area contributed by atoms with Crippen LogP contribution in [0.1, 0.15) is 46.9 Å². The molecule has 5 nitrogen and oxygen atoms in total. The number of amides is 1. The van der Waals surface area contributed by atoms with E-state index in [1.807, 2.05) is 25.9 Å². The molecule has 0 spiro atoms. The Morgan fingerprint density at radius 3 is 2.64 bits per heavy atom. The van der Waals surface area contributed by atoms with E-state index in [9.17, 15) is 22.4 Å². The third kappa shape index (κ3) is 2.76. The van der Waals surface area contributed by atoms with Crippen molar-refractivity contribution in [3.63, 3.8) is 0 Å². The number of halogens is 4. The lowest BCUT2D eigenvalue weighted by molar-refractivity contribution is -0.141. The summed E-state index contributed by atoms with van der Waals surface area (Å²) < 4.78 is 52.7. The Morgan fingerprint density at radius 1 is 1.29 bits per heavy atom. The first-order valence-electron chi connectivity index (χ1n) is 8.71. The van der Waals surface area contributed by atoms with Gasteiger partial charge >= 0.3 is 6.18 Å². The third-order valence-electron chi connectivity index (χ3n) is 5.22. The number of H-pyrrole nitrogens is 2. The molecule has 0 saturated heterocycles. The molecule has 148 valence electrons. The molecule has 1 aromatic carbocycles. The number of rotatable bonds is 1. The van der Waals surface area contributed by atoms with Gasteiger partial charge < -0.3 is 9.88 Å². The molecular formula is C19H18F4N4O. The minimum atomic E-state index is -4.61. The van der Waals surface area contributed by atoms with Crippen molar-refractivity contribution in [2.75, 3.05) is 6.54 Å². The van der Waals surface area contributed by atoms with Crippen LogP contribution in [0.15, 0.2) is 18.2 Å². The molecule has 0 fully saturated rings. The molecule has 0 aliphatic carbocycles. The van der Waals surface area contributed by atoms with Crippen molar-refractivity contribution in [3.05, 3.63) is 52.2 Å². The summed E-state index contributed by atoms with van der Waals surface area (Å²) >= 11 is 0. The number of aryl methyl sites for hydroxylation is 1. The summed E-state index contributed by atoms with van der Waals surface area (Å²) in [6.07, 6.45) is -4.61. The number of carbonyl (C=O) groups excluding carboxylic acids is 1. The first kappa shape index (κ1) is 18.5. The van der Waals surface area contributed by atoms with Crippen LogP contribution in [-0.2, 0) is 18.1 Å². The first-order valence-corrected chi connectivity index (χ1v) is 8.71. The van der Waals surface area contributed by atoms with Gasteiger partial charge in [-0.15, -0.1) is 0 Å². The van der Waals surface area contributed by atoms with Crippen molar-refractivity contribution < 1.29 is 22.4 Å². The van der Waals surface area contributed by atoms with Crippen LogP contribution in [0, 0.1) is 12.7 Å². The monoisotopic (exact) mass is 394 g/mol. The maximum atomic E-state index is 14.3. The molecule has 3 heterocycles. The van der Waals surface area contributed by atoms with Crippen molar-refractivity contribution in [3.8, 4) is 0 Å². The van der Waals surface area contributed by atoms with Crippen molar-refractivity contribution >= 4 is 16.8 Å². The van der Waals surface area contributed by atoms with E-state index in [1.54, 1.807) is 6.07 Å². The summed E-state index contributed by atoms with van der Waals surface area (Å²) in [5.41, 5.74) is 0.947. The van der Waals surface area contributed by atoms with Crippen LogP contribution in [0.25, 0.3) is 10.9 Å². The Hall–Kier alpha value is -2.84. The molecule has 9 heteroatoms. The maximum absolute atomic E-state index is 14.3. The highest BCUT2D eigenvalue weighted by Gasteiger charge is 2.39. The molecule has 1 aliphatic rings. The number of aromatic nitrogens is 3. The summed E-state index contributed by atoms with van der Waals surface area (Å²) in [5, 5.41) is 6.11. The van der Waals surface area contributed by atoms with Crippen LogP contribution in [0.2, 0.25) is 0 Å². The second-order valence-corrected chi connectivity index (χ2v) is 7.80. The van der Waals surface area contributed by atoms with E-state index >= 15 is 0 Å². The molecule has 0 radical (unpaired) electrons. The van der Waals surface area contributed by atoms with Crippen molar-refractivity contribution in [2.24, 2.45) is 0 Å². The van der Waals surface area contributed by atoms with E-state index in [1.165, 1.54) is 11.0 Å². The van der Waals surface area contributed by atoms with Gasteiger partial charge in [0.1, 0.15) is 11.5 Å². The summed E-state index contributed by atoms with van der Waals surface area (Å²) in [7, 11) is 0. The molecule has 0 bridgehead atoms. The zero-order chi connectivity index (χ0) is 20.4. The molecule has 1 aliphatic heterocycles. The SMILES string of the molecule is Cc1ccc(F)c2[nH]c3c(c12)CN(C(=O)c1cc(C(F)(F)F)[nH]n1)CC3(C)C. The number of carbonyl (C=O) groups is 1. The topological polar surface area (TPSA) is 64.8 Å². The van der Waals surface area contributed by atoms with Crippen LogP contribution in [-0.4, -0.2) is 32.5 Å². The number of fused-ring (bicyclic) bond motifs is 3. The van der Waals surface area contributed by atoms with Crippen LogP contribution < -0.4 is 0 Å². The lowest BCUT2D eigenvalue weighted by Gasteiger charge is -2.38. The highest BCUT2D eigenvalue weighted by molar-refractivity contribution is 5.94. The third-order valence-corrected chi connectivity index (χ3v) is 5.22. The maximum Gasteiger partial charge on any atom is 0.432 e. The molecule has 2 aromatic heterocycles. The second-order valence-electron chi connectivity index (χ2n) is 7.80. The van der Waals surface area contributed by atoms with Gasteiger partial charge in [0.25, 0.3) is 5.91 Å². The molecule has 3 aromatic rings. The van der Waals surface area contributed by atoms with Gasteiger partial charge in [0.05, 0.1) is 5.52 Å². The summed E-state index contributed by atoms with van der Waals surface area (Å²) in [5.74, 6) is -0.986. The second kappa shape index (κ2) is 5.83. The predicted molar refractivity (Wildman–Crippen MR) is 94.3 cm³/mol. The zero-order valence-electron chi connectivity index (χ0n) is 15.5. The van der Waals surface area contributed by atoms with Crippen molar-refractivity contribution in [1.82, 2.24) is 20.1 Å². The van der Waals surface area contributed by atoms with E-state index in [0.29, 0.717) is 17.0 Å². The molecule has 0 unspecified atom stereocenters. The van der Waals surface area contributed by atoms with E-state index in [2.05, 4.69) is 10.1 Å². The Kier molecular flexibility index (Phi) is 3.85. The largest absolute Gasteiger partial charge is 0.432 e. The highest BCUT2D eigenvalue weighted by atomic mass is 19.4. The quantitative estimate of drug-likeness (QED) is 0.605. The molecule has 0 saturated carbocycles. The van der Waals surface area contributed by atoms with Gasteiger partial charge in [0, 0.05) is 41.2 Å². The van der Waals surface area contributed by atoms with Gasteiger partial charge in [-0.3, -0.25) is 9.89 Å². The van der Waals surface area contributed by atoms with Gasteiger partial charge in [0.15, 0.2) is 5.69 Å². The standard InChI is InChI=1S/C19H18F4N4O/c1-9-4-5-11(20)15-14(9)10-7-27(8-18(2,3)16(10)24-15)17(28)12-6-13(26-25-12)19(21,22)23/h4-6,24H,7-8H2,1-3H3,(H,25,26). The number of nitrogens with zero attached hydrogens (tertiary/aromatic N) is 2. The number of alkyl halides is 3. The normalized spacial score (nSPS) is 16.5. The van der Waals surface area contributed by atoms with Crippen LogP contribution in [0.3, 0.4) is 0 Å². The van der Waals surface area contributed by atoms with Crippen molar-refractivity contribution in [1.29, 1.82) is 0 Å². The van der Waals surface area contributed by atoms with Crippen molar-refractivity contribution in [2.45, 2.75) is 38.9 Å². The predicted octanol–water partition coefficient (Wildman–Crippen LogP) is 4.29. The van der Waals surface area contributed by atoms with Crippen LogP contribution in [0.5, 0.6) is 0 Å². The smallest absolute Gasteiger partial charge is 0.355 e. The number of benzene rings is 1. The molecule has 2 N–H and O–H groups in total. The lowest BCUT2D eigenvalue weighted by atomic mass is 9.82. The van der Waals surface area contributed by atoms with Gasteiger partial charge in [-0.05, 0) is 18.6 Å². The number of nitrogens with one attached hydrogen (secondary N) is 2. The highest BCUT2D eigenvalue weighted by Crippen LogP contribution is 2.39. The molecule has 1 amide bonds. The van der Waals surface area contributed by atoms with E-state index in [0.717, 1.165) is 16.8 Å². The molecular weight excluding hydrogens is 376 g/mol. The average Bonchev–Trinajstić information content (AvgIpc) is 3.22. The number of hydrogen-bond donors (Lipinski definition) is 2. The molecule has 28 heavy (non-hydrogen) atoms. The fourth-order valence-electron chi connectivity index (χ4n) is 3.94. The summed E-state index contributed by atoms with van der Waals surface area (Å²) in [6, 6.07) is 3.77. The Labute approximate surface area is 157 Å². The zero-order valence-corrected chi connectivity index (χ0v) is 15.5. The molecule has 4 rings (SSSR count). The Balaban J connectivity index is 1.77. The van der Waals surface area contributed by atoms with Gasteiger partial charge in [-0.1, -0.05) is 19.9 Å². The minimum Gasteiger partial charge on any atom is -0.355 e. The Morgan fingerprint density at radius 2 is 2.00 bits per heavy atom.